The minimum atomic E-state index is -0.230. The Bertz CT molecular complexity index is 709. The average Bonchev–Trinajstić information content (AvgIpc) is 2.80. The molecule has 0 aliphatic rings. The Labute approximate surface area is 113 Å². The third-order valence-corrected chi connectivity index (χ3v) is 3.57. The fourth-order valence-electron chi connectivity index (χ4n) is 1.71. The van der Waals surface area contributed by atoms with Crippen molar-refractivity contribution in [3.05, 3.63) is 53.8 Å². The van der Waals surface area contributed by atoms with Gasteiger partial charge >= 0.3 is 0 Å². The van der Waals surface area contributed by atoms with Gasteiger partial charge in [0.25, 0.3) is 5.22 Å². The van der Waals surface area contributed by atoms with Crippen molar-refractivity contribution in [3.8, 4) is 0 Å². The molecule has 5 heteroatoms. The SMILES string of the molecule is Nc1ccc2oc(SCc3ccc(F)cc3)nc2c1. The van der Waals surface area contributed by atoms with E-state index in [4.69, 9.17) is 10.2 Å². The monoisotopic (exact) mass is 274 g/mol. The van der Waals surface area contributed by atoms with Crippen molar-refractivity contribution in [1.82, 2.24) is 4.98 Å². The minimum absolute atomic E-state index is 0.230. The molecule has 19 heavy (non-hydrogen) atoms. The minimum Gasteiger partial charge on any atom is -0.431 e. The van der Waals surface area contributed by atoms with E-state index in [0.29, 0.717) is 16.7 Å². The van der Waals surface area contributed by atoms with Gasteiger partial charge in [-0.05, 0) is 35.9 Å². The molecule has 0 unspecified atom stereocenters. The lowest BCUT2D eigenvalue weighted by molar-refractivity contribution is 0.489. The number of thioether (sulfide) groups is 1. The van der Waals surface area contributed by atoms with Gasteiger partial charge in [-0.2, -0.15) is 0 Å². The van der Waals surface area contributed by atoms with Crippen LogP contribution in [0.2, 0.25) is 0 Å². The van der Waals surface area contributed by atoms with Gasteiger partial charge in [0.05, 0.1) is 0 Å². The maximum absolute atomic E-state index is 12.8. The van der Waals surface area contributed by atoms with Crippen molar-refractivity contribution >= 4 is 28.5 Å². The van der Waals surface area contributed by atoms with Gasteiger partial charge in [0.15, 0.2) is 5.58 Å². The van der Waals surface area contributed by atoms with Crippen molar-refractivity contribution in [2.24, 2.45) is 0 Å². The van der Waals surface area contributed by atoms with Gasteiger partial charge < -0.3 is 10.2 Å². The third kappa shape index (κ3) is 2.71. The third-order valence-electron chi connectivity index (χ3n) is 2.67. The van der Waals surface area contributed by atoms with Crippen LogP contribution in [0.4, 0.5) is 10.1 Å². The molecular weight excluding hydrogens is 263 g/mol. The van der Waals surface area contributed by atoms with Gasteiger partial charge in [0.2, 0.25) is 0 Å². The lowest BCUT2D eigenvalue weighted by atomic mass is 10.2. The quantitative estimate of drug-likeness (QED) is 0.582. The van der Waals surface area contributed by atoms with Crippen LogP contribution in [0.1, 0.15) is 5.56 Å². The number of oxazole rings is 1. The number of rotatable bonds is 3. The number of benzene rings is 2. The molecule has 0 amide bonds. The summed E-state index contributed by atoms with van der Waals surface area (Å²) in [6.07, 6.45) is 0. The van der Waals surface area contributed by atoms with E-state index in [0.717, 1.165) is 16.7 Å². The molecule has 0 saturated heterocycles. The van der Waals surface area contributed by atoms with Crippen LogP contribution in [0, 0.1) is 5.82 Å². The summed E-state index contributed by atoms with van der Waals surface area (Å²) >= 11 is 1.47. The van der Waals surface area contributed by atoms with Gasteiger partial charge in [0.1, 0.15) is 11.3 Å². The molecule has 0 aliphatic heterocycles. The predicted molar refractivity (Wildman–Crippen MR) is 74.4 cm³/mol. The first-order valence-electron chi connectivity index (χ1n) is 5.74. The summed E-state index contributed by atoms with van der Waals surface area (Å²) in [5, 5.41) is 0.588. The molecule has 0 fully saturated rings. The second kappa shape index (κ2) is 4.93. The number of hydrogen-bond acceptors (Lipinski definition) is 4. The largest absolute Gasteiger partial charge is 0.431 e. The lowest BCUT2D eigenvalue weighted by Gasteiger charge is -1.97. The number of fused-ring (bicyclic) bond motifs is 1. The van der Waals surface area contributed by atoms with E-state index in [2.05, 4.69) is 4.98 Å². The van der Waals surface area contributed by atoms with Gasteiger partial charge in [0, 0.05) is 11.4 Å². The van der Waals surface area contributed by atoms with E-state index in [1.165, 1.54) is 23.9 Å². The summed E-state index contributed by atoms with van der Waals surface area (Å²) in [5.41, 5.74) is 8.84. The van der Waals surface area contributed by atoms with E-state index in [1.54, 1.807) is 30.3 Å². The predicted octanol–water partition coefficient (Wildman–Crippen LogP) is 3.84. The fourth-order valence-corrected chi connectivity index (χ4v) is 2.50. The Morgan fingerprint density at radius 1 is 1.16 bits per heavy atom. The molecule has 3 rings (SSSR count). The molecule has 0 atom stereocenters. The summed E-state index contributed by atoms with van der Waals surface area (Å²) in [4.78, 5) is 4.35. The van der Waals surface area contributed by atoms with Crippen LogP contribution in [0.3, 0.4) is 0 Å². The van der Waals surface area contributed by atoms with Gasteiger partial charge in [-0.1, -0.05) is 23.9 Å². The molecule has 1 aromatic heterocycles. The Morgan fingerprint density at radius 2 is 1.95 bits per heavy atom. The highest BCUT2D eigenvalue weighted by molar-refractivity contribution is 7.98. The number of aromatic nitrogens is 1. The van der Waals surface area contributed by atoms with E-state index in [1.807, 2.05) is 0 Å². The average molecular weight is 274 g/mol. The number of anilines is 1. The summed E-state index contributed by atoms with van der Waals surface area (Å²) in [6, 6.07) is 11.8. The van der Waals surface area contributed by atoms with Crippen LogP contribution in [0.5, 0.6) is 0 Å². The van der Waals surface area contributed by atoms with Gasteiger partial charge in [-0.15, -0.1) is 0 Å². The zero-order valence-corrected chi connectivity index (χ0v) is 10.8. The molecule has 3 aromatic rings. The maximum atomic E-state index is 12.8. The van der Waals surface area contributed by atoms with Crippen molar-refractivity contribution in [1.29, 1.82) is 0 Å². The molecule has 0 saturated carbocycles. The topological polar surface area (TPSA) is 52.0 Å². The highest BCUT2D eigenvalue weighted by Gasteiger charge is 2.07. The van der Waals surface area contributed by atoms with Crippen LogP contribution in [-0.2, 0) is 5.75 Å². The molecule has 0 bridgehead atoms. The van der Waals surface area contributed by atoms with Gasteiger partial charge in [-0.3, -0.25) is 0 Å². The molecule has 96 valence electrons. The van der Waals surface area contributed by atoms with Crippen LogP contribution < -0.4 is 5.73 Å². The fraction of sp³-hybridized carbons (Fsp3) is 0.0714. The molecule has 1 heterocycles. The Kier molecular flexibility index (Phi) is 3.13. The zero-order valence-electron chi connectivity index (χ0n) is 9.97. The summed E-state index contributed by atoms with van der Waals surface area (Å²) < 4.78 is 18.4. The molecule has 0 radical (unpaired) electrons. The summed E-state index contributed by atoms with van der Waals surface area (Å²) in [5.74, 6) is 0.453. The molecule has 2 N–H and O–H groups in total. The Hall–Kier alpha value is -2.01. The molecule has 0 aliphatic carbocycles. The molecule has 0 spiro atoms. The van der Waals surface area contributed by atoms with E-state index in [9.17, 15) is 4.39 Å². The van der Waals surface area contributed by atoms with Crippen LogP contribution in [0.15, 0.2) is 52.1 Å². The lowest BCUT2D eigenvalue weighted by Crippen LogP contribution is -1.82. The first-order valence-corrected chi connectivity index (χ1v) is 6.72. The van der Waals surface area contributed by atoms with Crippen molar-refractivity contribution in [3.63, 3.8) is 0 Å². The number of nitrogen functional groups attached to an aromatic ring is 1. The first-order chi connectivity index (χ1) is 9.20. The number of nitrogens with two attached hydrogens (primary N) is 1. The second-order valence-corrected chi connectivity index (χ2v) is 5.05. The van der Waals surface area contributed by atoms with E-state index in [-0.39, 0.29) is 5.82 Å². The normalized spacial score (nSPS) is 11.0. The standard InChI is InChI=1S/C14H11FN2OS/c15-10-3-1-9(2-4-10)8-19-14-17-12-7-11(16)5-6-13(12)18-14/h1-7H,8,16H2. The molecule has 2 aromatic carbocycles. The zero-order chi connectivity index (χ0) is 13.2. The van der Waals surface area contributed by atoms with Crippen LogP contribution in [-0.4, -0.2) is 4.98 Å². The van der Waals surface area contributed by atoms with Crippen molar-refractivity contribution in [2.75, 3.05) is 5.73 Å². The number of hydrogen-bond donors (Lipinski definition) is 1. The summed E-state index contributed by atoms with van der Waals surface area (Å²) in [6.45, 7) is 0. The second-order valence-electron chi connectivity index (χ2n) is 4.12. The van der Waals surface area contributed by atoms with Crippen LogP contribution >= 0.6 is 11.8 Å². The van der Waals surface area contributed by atoms with Gasteiger partial charge in [-0.25, -0.2) is 9.37 Å². The summed E-state index contributed by atoms with van der Waals surface area (Å²) in [7, 11) is 0. The van der Waals surface area contributed by atoms with E-state index < -0.39 is 0 Å². The maximum Gasteiger partial charge on any atom is 0.257 e. The highest BCUT2D eigenvalue weighted by atomic mass is 32.2. The van der Waals surface area contributed by atoms with Crippen molar-refractivity contribution in [2.45, 2.75) is 11.0 Å². The number of nitrogens with zero attached hydrogens (tertiary/aromatic N) is 1. The number of halogens is 1. The molecule has 3 nitrogen and oxygen atoms in total. The first kappa shape index (κ1) is 12.0. The highest BCUT2D eigenvalue weighted by Crippen LogP contribution is 2.27. The van der Waals surface area contributed by atoms with Crippen molar-refractivity contribution < 1.29 is 8.81 Å². The van der Waals surface area contributed by atoms with Crippen LogP contribution in [0.25, 0.3) is 11.1 Å². The smallest absolute Gasteiger partial charge is 0.257 e. The van der Waals surface area contributed by atoms with E-state index >= 15 is 0 Å². The Morgan fingerprint density at radius 3 is 2.74 bits per heavy atom. The molecular formula is C14H11FN2OS. The Balaban J connectivity index is 1.76.